The molecule has 0 unspecified atom stereocenters. The second kappa shape index (κ2) is 12.8. The zero-order valence-corrected chi connectivity index (χ0v) is 26.2. The quantitative estimate of drug-likeness (QED) is 0.201. The molecule has 0 N–H and O–H groups in total. The molecule has 5 aromatic rings. The minimum absolute atomic E-state index is 0.192. The number of nitrogens with zero attached hydrogens (tertiary/aromatic N) is 2. The molecule has 0 bridgehead atoms. The molecule has 0 aliphatic carbocycles. The summed E-state index contributed by atoms with van der Waals surface area (Å²) in [6, 6.07) is 26.6. The zero-order valence-electron chi connectivity index (χ0n) is 25.4. The maximum atomic E-state index is 14.1. The van der Waals surface area contributed by atoms with E-state index < -0.39 is 12.0 Å². The summed E-state index contributed by atoms with van der Waals surface area (Å²) in [5.74, 6) is 1.18. The molecule has 228 valence electrons. The first-order valence-electron chi connectivity index (χ1n) is 14.5. The molecule has 8 nitrogen and oxygen atoms in total. The molecule has 1 atom stereocenters. The highest BCUT2D eigenvalue weighted by Gasteiger charge is 2.34. The highest BCUT2D eigenvalue weighted by molar-refractivity contribution is 7.07. The maximum Gasteiger partial charge on any atom is 0.338 e. The van der Waals surface area contributed by atoms with E-state index in [0.29, 0.717) is 50.0 Å². The first-order valence-corrected chi connectivity index (χ1v) is 15.3. The summed E-state index contributed by atoms with van der Waals surface area (Å²) in [5, 5.41) is 2.31. The van der Waals surface area contributed by atoms with Crippen LogP contribution >= 0.6 is 11.3 Å². The van der Waals surface area contributed by atoms with E-state index in [-0.39, 0.29) is 12.2 Å². The Kier molecular flexibility index (Phi) is 8.53. The second-order valence-electron chi connectivity index (χ2n) is 10.4. The Morgan fingerprint density at radius 1 is 0.956 bits per heavy atom. The van der Waals surface area contributed by atoms with Gasteiger partial charge in [0.15, 0.2) is 16.3 Å². The van der Waals surface area contributed by atoms with Crippen molar-refractivity contribution in [3.8, 4) is 17.2 Å². The smallest absolute Gasteiger partial charge is 0.338 e. The van der Waals surface area contributed by atoms with Crippen LogP contribution in [0.4, 0.5) is 0 Å². The molecule has 9 heteroatoms. The topological polar surface area (TPSA) is 88.4 Å². The van der Waals surface area contributed by atoms with Gasteiger partial charge in [0.2, 0.25) is 0 Å². The van der Waals surface area contributed by atoms with Gasteiger partial charge in [-0.3, -0.25) is 9.36 Å². The first kappa shape index (κ1) is 29.9. The van der Waals surface area contributed by atoms with Gasteiger partial charge in [0.05, 0.1) is 42.7 Å². The fourth-order valence-corrected chi connectivity index (χ4v) is 6.60. The molecule has 1 aliphatic rings. The number of fused-ring (bicyclic) bond motifs is 2. The summed E-state index contributed by atoms with van der Waals surface area (Å²) in [4.78, 5) is 32.4. The van der Waals surface area contributed by atoms with Gasteiger partial charge in [-0.2, -0.15) is 0 Å². The van der Waals surface area contributed by atoms with E-state index in [4.69, 9.17) is 18.9 Å². The van der Waals surface area contributed by atoms with E-state index >= 15 is 0 Å². The average molecular weight is 621 g/mol. The summed E-state index contributed by atoms with van der Waals surface area (Å²) in [7, 11) is 3.10. The lowest BCUT2D eigenvalue weighted by atomic mass is 9.95. The van der Waals surface area contributed by atoms with E-state index in [1.165, 1.54) is 11.3 Å². The fraction of sp³-hybridized carbons (Fsp3) is 0.194. The Morgan fingerprint density at radius 2 is 1.73 bits per heavy atom. The van der Waals surface area contributed by atoms with Crippen molar-refractivity contribution in [2.45, 2.75) is 26.5 Å². The van der Waals surface area contributed by atoms with Crippen LogP contribution in [0.5, 0.6) is 17.2 Å². The highest BCUT2D eigenvalue weighted by atomic mass is 32.1. The van der Waals surface area contributed by atoms with Gasteiger partial charge in [-0.15, -0.1) is 0 Å². The Bertz CT molecular complexity index is 2120. The Hall–Kier alpha value is -5.15. The number of carbonyl (C=O) groups is 1. The summed E-state index contributed by atoms with van der Waals surface area (Å²) in [6.45, 7) is 4.11. The van der Waals surface area contributed by atoms with Crippen molar-refractivity contribution in [3.05, 3.63) is 133 Å². The third-order valence-electron chi connectivity index (χ3n) is 7.67. The number of esters is 1. The number of ether oxygens (including phenoxy) is 4. The number of benzene rings is 4. The number of hydrogen-bond donors (Lipinski definition) is 0. The van der Waals surface area contributed by atoms with Crippen molar-refractivity contribution in [1.29, 1.82) is 0 Å². The SMILES string of the molecule is CCOC(=O)C1=C(C)N=c2s/c(=C\c3cccc(OCc4cccc5ccccc45)c3)c(=O)n2[C@@H]1c1ccc(OC)c(OC)c1. The molecule has 45 heavy (non-hydrogen) atoms. The lowest BCUT2D eigenvalue weighted by Crippen LogP contribution is -2.39. The number of thiazole rings is 1. The number of aromatic nitrogens is 1. The molecule has 0 fully saturated rings. The lowest BCUT2D eigenvalue weighted by Gasteiger charge is -2.25. The monoisotopic (exact) mass is 620 g/mol. The Labute approximate surface area is 264 Å². The van der Waals surface area contributed by atoms with Crippen molar-refractivity contribution >= 4 is 34.2 Å². The van der Waals surface area contributed by atoms with Gasteiger partial charge in [-0.05, 0) is 71.7 Å². The molecule has 6 rings (SSSR count). The molecule has 1 aromatic heterocycles. The van der Waals surface area contributed by atoms with Crippen LogP contribution in [0.1, 0.15) is 36.6 Å². The maximum absolute atomic E-state index is 14.1. The normalized spacial score (nSPS) is 14.6. The number of allylic oxidation sites excluding steroid dienone is 1. The predicted molar refractivity (Wildman–Crippen MR) is 175 cm³/mol. The molecule has 0 spiro atoms. The molecule has 0 amide bonds. The molecule has 0 radical (unpaired) electrons. The first-order chi connectivity index (χ1) is 21.9. The fourth-order valence-electron chi connectivity index (χ4n) is 5.55. The summed E-state index contributed by atoms with van der Waals surface area (Å²) in [6.07, 6.45) is 1.82. The number of carbonyl (C=O) groups excluding carboxylic acids is 1. The van der Waals surface area contributed by atoms with Crippen LogP contribution in [0.3, 0.4) is 0 Å². The van der Waals surface area contributed by atoms with Gasteiger partial charge in [0, 0.05) is 0 Å². The van der Waals surface area contributed by atoms with Crippen LogP contribution in [0, 0.1) is 0 Å². The van der Waals surface area contributed by atoms with Crippen LogP contribution in [0.15, 0.2) is 106 Å². The summed E-state index contributed by atoms with van der Waals surface area (Å²) < 4.78 is 24.6. The number of methoxy groups -OCH3 is 2. The molecule has 0 saturated carbocycles. The standard InChI is InChI=1S/C36H32N2O6S/c1-5-43-35(40)32-22(2)37-36-38(33(32)25-16-17-29(41-3)30(20-25)42-4)34(39)31(45-36)19-23-10-8-14-27(18-23)44-21-26-13-9-12-24-11-6-7-15-28(24)26/h6-20,33H,5,21H2,1-4H3/b31-19-/t33-/m1/s1. The van der Waals surface area contributed by atoms with Gasteiger partial charge in [-0.1, -0.05) is 72.0 Å². The van der Waals surface area contributed by atoms with E-state index in [1.54, 1.807) is 44.8 Å². The van der Waals surface area contributed by atoms with Gasteiger partial charge in [-0.25, -0.2) is 9.79 Å². The van der Waals surface area contributed by atoms with Crippen LogP contribution in [-0.2, 0) is 16.1 Å². The van der Waals surface area contributed by atoms with Gasteiger partial charge >= 0.3 is 5.97 Å². The van der Waals surface area contributed by atoms with Crippen LogP contribution in [-0.4, -0.2) is 31.4 Å². The van der Waals surface area contributed by atoms with E-state index in [9.17, 15) is 9.59 Å². The van der Waals surface area contributed by atoms with Crippen molar-refractivity contribution in [3.63, 3.8) is 0 Å². The van der Waals surface area contributed by atoms with Crippen LogP contribution in [0.2, 0.25) is 0 Å². The van der Waals surface area contributed by atoms with Crippen LogP contribution in [0.25, 0.3) is 16.8 Å². The highest BCUT2D eigenvalue weighted by Crippen LogP contribution is 2.36. The van der Waals surface area contributed by atoms with Gasteiger partial charge < -0.3 is 18.9 Å². The van der Waals surface area contributed by atoms with Gasteiger partial charge in [0.1, 0.15) is 12.4 Å². The summed E-state index contributed by atoms with van der Waals surface area (Å²) in [5.41, 5.74) is 3.09. The molecular formula is C36H32N2O6S. The zero-order chi connectivity index (χ0) is 31.5. The Balaban J connectivity index is 1.39. The minimum Gasteiger partial charge on any atom is -0.493 e. The van der Waals surface area contributed by atoms with Crippen molar-refractivity contribution in [2.75, 3.05) is 20.8 Å². The molecule has 1 aliphatic heterocycles. The lowest BCUT2D eigenvalue weighted by molar-refractivity contribution is -0.139. The van der Waals surface area contributed by atoms with Gasteiger partial charge in [0.25, 0.3) is 5.56 Å². The van der Waals surface area contributed by atoms with E-state index in [1.807, 2.05) is 54.6 Å². The predicted octanol–water partition coefficient (Wildman–Crippen LogP) is 5.55. The number of rotatable bonds is 9. The summed E-state index contributed by atoms with van der Waals surface area (Å²) >= 11 is 1.27. The molecule has 0 saturated heterocycles. The third kappa shape index (κ3) is 5.86. The molecule has 2 heterocycles. The minimum atomic E-state index is -0.766. The van der Waals surface area contributed by atoms with Crippen molar-refractivity contribution < 1.29 is 23.7 Å². The van der Waals surface area contributed by atoms with Crippen molar-refractivity contribution in [1.82, 2.24) is 4.57 Å². The Morgan fingerprint density at radius 3 is 2.53 bits per heavy atom. The van der Waals surface area contributed by atoms with Crippen molar-refractivity contribution in [2.24, 2.45) is 4.99 Å². The molecular weight excluding hydrogens is 588 g/mol. The third-order valence-corrected chi connectivity index (χ3v) is 8.65. The number of hydrogen-bond acceptors (Lipinski definition) is 8. The second-order valence-corrected chi connectivity index (χ2v) is 11.4. The van der Waals surface area contributed by atoms with Crippen LogP contribution < -0.4 is 29.1 Å². The van der Waals surface area contributed by atoms with E-state index in [2.05, 4.69) is 29.3 Å². The molecule has 4 aromatic carbocycles. The average Bonchev–Trinajstić information content (AvgIpc) is 3.36. The largest absolute Gasteiger partial charge is 0.493 e. The van der Waals surface area contributed by atoms with E-state index in [0.717, 1.165) is 21.9 Å².